The highest BCUT2D eigenvalue weighted by Crippen LogP contribution is 2.35. The van der Waals surface area contributed by atoms with Crippen LogP contribution in [0.3, 0.4) is 0 Å². The molecular weight excluding hydrogens is 478 g/mol. The van der Waals surface area contributed by atoms with Gasteiger partial charge in [-0.1, -0.05) is 59.6 Å². The lowest BCUT2D eigenvalue weighted by atomic mass is 9.73. The van der Waals surface area contributed by atoms with Crippen LogP contribution in [0.5, 0.6) is 11.5 Å². The molecule has 1 atom stereocenters. The molecule has 0 saturated carbocycles. The molecule has 1 unspecified atom stereocenters. The minimum Gasteiger partial charge on any atom is -0.457 e. The van der Waals surface area contributed by atoms with Crippen LogP contribution in [0.4, 0.5) is 4.39 Å². The maximum absolute atomic E-state index is 13.8. The van der Waals surface area contributed by atoms with Crippen LogP contribution in [-0.2, 0) is 21.5 Å². The molecule has 4 rings (SSSR count). The van der Waals surface area contributed by atoms with Gasteiger partial charge in [-0.05, 0) is 36.2 Å². The molecule has 1 aliphatic rings. The van der Waals surface area contributed by atoms with Gasteiger partial charge in [0.05, 0.1) is 10.4 Å². The van der Waals surface area contributed by atoms with Gasteiger partial charge in [-0.2, -0.15) is 0 Å². The van der Waals surface area contributed by atoms with Crippen LogP contribution in [0.15, 0.2) is 66.7 Å². The quantitative estimate of drug-likeness (QED) is 0.470. The summed E-state index contributed by atoms with van der Waals surface area (Å²) in [6, 6.07) is 18.7. The molecule has 1 heterocycles. The fourth-order valence-electron chi connectivity index (χ4n) is 4.18. The standard InChI is InChI=1S/C26H23Cl2FN2O3/c1-31(25(33)26(12-11-24(32)30-16-26)18-5-3-2-4-6-18)15-17-7-8-19(27)13-23(17)34-20-9-10-22(29)21(28)14-20/h2-10,13-14H,11-12,15-16H2,1H3,(H,30,32). The highest BCUT2D eigenvalue weighted by molar-refractivity contribution is 6.31. The van der Waals surface area contributed by atoms with E-state index in [1.54, 1.807) is 30.1 Å². The third-order valence-electron chi connectivity index (χ3n) is 6.00. The average molecular weight is 501 g/mol. The third kappa shape index (κ3) is 5.03. The molecule has 34 heavy (non-hydrogen) atoms. The number of benzene rings is 3. The molecule has 2 amide bonds. The number of carbonyl (C=O) groups excluding carboxylic acids is 2. The smallest absolute Gasteiger partial charge is 0.235 e. The molecule has 1 fully saturated rings. The molecule has 0 aromatic heterocycles. The highest BCUT2D eigenvalue weighted by atomic mass is 35.5. The molecule has 1 aliphatic heterocycles. The summed E-state index contributed by atoms with van der Waals surface area (Å²) in [5.74, 6) is 0.0643. The Morgan fingerprint density at radius 1 is 1.12 bits per heavy atom. The lowest BCUT2D eigenvalue weighted by molar-refractivity contribution is -0.139. The second kappa shape index (κ2) is 10.0. The molecule has 8 heteroatoms. The zero-order valence-corrected chi connectivity index (χ0v) is 20.0. The molecular formula is C26H23Cl2FN2O3. The van der Waals surface area contributed by atoms with Crippen molar-refractivity contribution >= 4 is 35.0 Å². The summed E-state index contributed by atoms with van der Waals surface area (Å²) in [4.78, 5) is 27.3. The minimum absolute atomic E-state index is 0.0578. The van der Waals surface area contributed by atoms with Crippen LogP contribution in [0.25, 0.3) is 0 Å². The first-order chi connectivity index (χ1) is 16.3. The summed E-state index contributed by atoms with van der Waals surface area (Å²) in [5, 5.41) is 3.26. The van der Waals surface area contributed by atoms with Crippen molar-refractivity contribution in [3.8, 4) is 11.5 Å². The molecule has 0 aliphatic carbocycles. The van der Waals surface area contributed by atoms with Gasteiger partial charge in [-0.15, -0.1) is 0 Å². The van der Waals surface area contributed by atoms with Crippen molar-refractivity contribution in [1.29, 1.82) is 0 Å². The van der Waals surface area contributed by atoms with E-state index >= 15 is 0 Å². The summed E-state index contributed by atoms with van der Waals surface area (Å²) in [7, 11) is 1.72. The maximum atomic E-state index is 13.8. The number of carbonyl (C=O) groups is 2. The fourth-order valence-corrected chi connectivity index (χ4v) is 4.51. The monoisotopic (exact) mass is 500 g/mol. The second-order valence-electron chi connectivity index (χ2n) is 8.32. The number of rotatable bonds is 6. The molecule has 3 aromatic rings. The van der Waals surface area contributed by atoms with Crippen LogP contribution < -0.4 is 10.1 Å². The van der Waals surface area contributed by atoms with E-state index in [2.05, 4.69) is 5.32 Å². The fraction of sp³-hybridized carbons (Fsp3) is 0.231. The first-order valence-corrected chi connectivity index (χ1v) is 11.5. The largest absolute Gasteiger partial charge is 0.457 e. The van der Waals surface area contributed by atoms with Crippen molar-refractivity contribution in [2.24, 2.45) is 0 Å². The molecule has 0 spiro atoms. The summed E-state index contributed by atoms with van der Waals surface area (Å²) in [6.07, 6.45) is 0.694. The van der Waals surface area contributed by atoms with E-state index in [4.69, 9.17) is 27.9 Å². The molecule has 3 aromatic carbocycles. The van der Waals surface area contributed by atoms with Gasteiger partial charge in [0.2, 0.25) is 11.8 Å². The van der Waals surface area contributed by atoms with Crippen molar-refractivity contribution < 1.29 is 18.7 Å². The Labute approximate surface area is 207 Å². The van der Waals surface area contributed by atoms with Crippen LogP contribution in [-0.4, -0.2) is 30.3 Å². The Bertz CT molecular complexity index is 1210. The lowest BCUT2D eigenvalue weighted by Gasteiger charge is -2.39. The van der Waals surface area contributed by atoms with E-state index in [0.29, 0.717) is 28.5 Å². The Balaban J connectivity index is 1.61. The van der Waals surface area contributed by atoms with Crippen molar-refractivity contribution in [3.05, 3.63) is 93.7 Å². The number of halogens is 3. The van der Waals surface area contributed by atoms with Gasteiger partial charge in [-0.25, -0.2) is 4.39 Å². The van der Waals surface area contributed by atoms with Gasteiger partial charge < -0.3 is 15.0 Å². The van der Waals surface area contributed by atoms with Gasteiger partial charge in [0.15, 0.2) is 0 Å². The topological polar surface area (TPSA) is 58.6 Å². The van der Waals surface area contributed by atoms with E-state index in [-0.39, 0.29) is 36.3 Å². The summed E-state index contributed by atoms with van der Waals surface area (Å²) < 4.78 is 19.5. The highest BCUT2D eigenvalue weighted by Gasteiger charge is 2.44. The maximum Gasteiger partial charge on any atom is 0.235 e. The van der Waals surface area contributed by atoms with E-state index in [1.807, 2.05) is 30.3 Å². The average Bonchev–Trinajstić information content (AvgIpc) is 2.84. The number of likely N-dealkylation sites (N-methyl/N-ethyl adjacent to an activating group) is 1. The first-order valence-electron chi connectivity index (χ1n) is 10.8. The summed E-state index contributed by atoms with van der Waals surface area (Å²) in [5.41, 5.74) is 0.714. The number of piperidine rings is 1. The molecule has 1 saturated heterocycles. The third-order valence-corrected chi connectivity index (χ3v) is 6.53. The van der Waals surface area contributed by atoms with Crippen molar-refractivity contribution in [2.75, 3.05) is 13.6 Å². The van der Waals surface area contributed by atoms with Gasteiger partial charge in [0, 0.05) is 43.2 Å². The predicted molar refractivity (Wildman–Crippen MR) is 130 cm³/mol. The van der Waals surface area contributed by atoms with Crippen LogP contribution in [0.1, 0.15) is 24.0 Å². The molecule has 5 nitrogen and oxygen atoms in total. The molecule has 176 valence electrons. The number of nitrogens with zero attached hydrogens (tertiary/aromatic N) is 1. The minimum atomic E-state index is -0.859. The number of hydrogen-bond donors (Lipinski definition) is 1. The van der Waals surface area contributed by atoms with Gasteiger partial charge in [0.1, 0.15) is 17.3 Å². The van der Waals surface area contributed by atoms with Crippen molar-refractivity contribution in [2.45, 2.75) is 24.8 Å². The number of hydrogen-bond acceptors (Lipinski definition) is 3. The Morgan fingerprint density at radius 2 is 1.88 bits per heavy atom. The summed E-state index contributed by atoms with van der Waals surface area (Å²) in [6.45, 7) is 0.472. The molecule has 0 radical (unpaired) electrons. The van der Waals surface area contributed by atoms with Gasteiger partial charge >= 0.3 is 0 Å². The zero-order chi connectivity index (χ0) is 24.3. The van der Waals surface area contributed by atoms with E-state index in [9.17, 15) is 14.0 Å². The van der Waals surface area contributed by atoms with Crippen LogP contribution in [0, 0.1) is 5.82 Å². The van der Waals surface area contributed by atoms with E-state index < -0.39 is 11.2 Å². The molecule has 1 N–H and O–H groups in total. The van der Waals surface area contributed by atoms with Gasteiger partial charge in [0.25, 0.3) is 0 Å². The van der Waals surface area contributed by atoms with Crippen LogP contribution >= 0.6 is 23.2 Å². The predicted octanol–water partition coefficient (Wildman–Crippen LogP) is 5.73. The summed E-state index contributed by atoms with van der Waals surface area (Å²) >= 11 is 12.1. The SMILES string of the molecule is CN(Cc1ccc(Cl)cc1Oc1ccc(F)c(Cl)c1)C(=O)C1(c2ccccc2)CCC(=O)NC1. The first kappa shape index (κ1) is 24.0. The van der Waals surface area contributed by atoms with E-state index in [1.165, 1.54) is 18.2 Å². The number of ether oxygens (including phenoxy) is 1. The zero-order valence-electron chi connectivity index (χ0n) is 18.5. The Morgan fingerprint density at radius 3 is 2.56 bits per heavy atom. The lowest BCUT2D eigenvalue weighted by Crippen LogP contribution is -2.55. The number of nitrogens with one attached hydrogen (secondary N) is 1. The Hall–Kier alpha value is -3.09. The number of amides is 2. The normalized spacial score (nSPS) is 17.7. The van der Waals surface area contributed by atoms with Crippen molar-refractivity contribution in [1.82, 2.24) is 10.2 Å². The molecule has 0 bridgehead atoms. The Kier molecular flexibility index (Phi) is 7.10. The second-order valence-corrected chi connectivity index (χ2v) is 9.16. The van der Waals surface area contributed by atoms with Crippen LogP contribution in [0.2, 0.25) is 10.0 Å². The van der Waals surface area contributed by atoms with Gasteiger partial charge in [-0.3, -0.25) is 9.59 Å². The van der Waals surface area contributed by atoms with E-state index in [0.717, 1.165) is 5.56 Å². The van der Waals surface area contributed by atoms with Crippen molar-refractivity contribution in [3.63, 3.8) is 0 Å².